The molecule has 1 heterocycles. The molecule has 2 N–H and O–H groups in total. The van der Waals surface area contributed by atoms with Crippen LogP contribution >= 0.6 is 0 Å². The maximum absolute atomic E-state index is 9.87. The van der Waals surface area contributed by atoms with E-state index in [0.717, 1.165) is 32.6 Å². The Morgan fingerprint density at radius 2 is 2.33 bits per heavy atom. The van der Waals surface area contributed by atoms with Gasteiger partial charge in [-0.1, -0.05) is 12.1 Å². The predicted molar refractivity (Wildman–Crippen MR) is 79.1 cm³/mol. The van der Waals surface area contributed by atoms with Gasteiger partial charge in [0.2, 0.25) is 0 Å². The van der Waals surface area contributed by atoms with Gasteiger partial charge in [0.05, 0.1) is 5.56 Å². The van der Waals surface area contributed by atoms with Gasteiger partial charge >= 0.3 is 0 Å². The summed E-state index contributed by atoms with van der Waals surface area (Å²) in [7, 11) is 0. The molecule has 1 aliphatic heterocycles. The third-order valence-corrected chi connectivity index (χ3v) is 3.57. The van der Waals surface area contributed by atoms with Crippen molar-refractivity contribution in [1.82, 2.24) is 5.32 Å². The maximum atomic E-state index is 9.87. The largest absolute Gasteiger partial charge is 0.489 e. The van der Waals surface area contributed by atoms with Gasteiger partial charge in [-0.25, -0.2) is 0 Å². The number of nitriles is 1. The van der Waals surface area contributed by atoms with Crippen molar-refractivity contribution >= 4 is 0 Å². The Kier molecular flexibility index (Phi) is 6.48. The minimum absolute atomic E-state index is 0.179. The topological polar surface area (TPSA) is 74.5 Å². The average molecular weight is 290 g/mol. The lowest BCUT2D eigenvalue weighted by Gasteiger charge is -2.14. The van der Waals surface area contributed by atoms with Crippen LogP contribution < -0.4 is 10.1 Å². The zero-order chi connectivity index (χ0) is 14.9. The monoisotopic (exact) mass is 290 g/mol. The van der Waals surface area contributed by atoms with Gasteiger partial charge in [0.15, 0.2) is 0 Å². The molecule has 2 atom stereocenters. The van der Waals surface area contributed by atoms with E-state index in [1.807, 2.05) is 6.07 Å². The molecule has 2 unspecified atom stereocenters. The Morgan fingerprint density at radius 3 is 3.10 bits per heavy atom. The second-order valence-electron chi connectivity index (χ2n) is 5.30. The van der Waals surface area contributed by atoms with Crippen LogP contribution in [0.4, 0.5) is 0 Å². The smallest absolute Gasteiger partial charge is 0.137 e. The number of aliphatic hydroxyl groups excluding tert-OH is 1. The molecule has 0 spiro atoms. The van der Waals surface area contributed by atoms with Gasteiger partial charge in [0.25, 0.3) is 0 Å². The number of rotatable bonds is 8. The minimum atomic E-state index is -0.587. The molecule has 2 rings (SSSR count). The van der Waals surface area contributed by atoms with Crippen LogP contribution in [0.25, 0.3) is 0 Å². The van der Waals surface area contributed by atoms with E-state index in [0.29, 0.717) is 23.8 Å². The van der Waals surface area contributed by atoms with Crippen LogP contribution in [0.3, 0.4) is 0 Å². The Labute approximate surface area is 125 Å². The number of hydrogen-bond acceptors (Lipinski definition) is 5. The van der Waals surface area contributed by atoms with Crippen molar-refractivity contribution in [3.63, 3.8) is 0 Å². The van der Waals surface area contributed by atoms with E-state index in [1.54, 1.807) is 18.2 Å². The number of nitrogens with zero attached hydrogens (tertiary/aromatic N) is 1. The summed E-state index contributed by atoms with van der Waals surface area (Å²) in [5.74, 6) is 1.16. The Morgan fingerprint density at radius 1 is 1.48 bits per heavy atom. The lowest BCUT2D eigenvalue weighted by molar-refractivity contribution is 0.106. The van der Waals surface area contributed by atoms with Gasteiger partial charge in [0.1, 0.15) is 24.5 Å². The third kappa shape index (κ3) is 5.35. The predicted octanol–water partition coefficient (Wildman–Crippen LogP) is 1.31. The quantitative estimate of drug-likeness (QED) is 0.706. The van der Waals surface area contributed by atoms with Gasteiger partial charge in [-0.05, 0) is 37.4 Å². The lowest BCUT2D eigenvalue weighted by Crippen LogP contribution is -2.32. The third-order valence-electron chi connectivity index (χ3n) is 3.57. The normalized spacial score (nSPS) is 19.1. The summed E-state index contributed by atoms with van der Waals surface area (Å²) >= 11 is 0. The first kappa shape index (κ1) is 15.8. The summed E-state index contributed by atoms with van der Waals surface area (Å²) in [5, 5.41) is 22.0. The molecule has 0 amide bonds. The highest BCUT2D eigenvalue weighted by atomic mass is 16.5. The fourth-order valence-electron chi connectivity index (χ4n) is 2.32. The summed E-state index contributed by atoms with van der Waals surface area (Å²) in [4.78, 5) is 0. The summed E-state index contributed by atoms with van der Waals surface area (Å²) in [6.07, 6.45) is 1.62. The van der Waals surface area contributed by atoms with Crippen molar-refractivity contribution in [1.29, 1.82) is 5.26 Å². The lowest BCUT2D eigenvalue weighted by atomic mass is 10.1. The van der Waals surface area contributed by atoms with Crippen LogP contribution in [0.15, 0.2) is 24.3 Å². The highest BCUT2D eigenvalue weighted by Gasteiger charge is 2.15. The number of ether oxygens (including phenoxy) is 2. The number of hydrogen-bond donors (Lipinski definition) is 2. The average Bonchev–Trinajstić information content (AvgIpc) is 3.03. The highest BCUT2D eigenvalue weighted by molar-refractivity contribution is 5.42. The first-order chi connectivity index (χ1) is 10.3. The van der Waals surface area contributed by atoms with Crippen molar-refractivity contribution < 1.29 is 14.6 Å². The van der Waals surface area contributed by atoms with Crippen molar-refractivity contribution in [3.8, 4) is 11.8 Å². The van der Waals surface area contributed by atoms with E-state index in [4.69, 9.17) is 14.7 Å². The van der Waals surface area contributed by atoms with Crippen LogP contribution in [0.1, 0.15) is 18.4 Å². The van der Waals surface area contributed by atoms with E-state index >= 15 is 0 Å². The molecule has 1 aromatic rings. The second kappa shape index (κ2) is 8.63. The van der Waals surface area contributed by atoms with Crippen LogP contribution in [0.2, 0.25) is 0 Å². The molecular weight excluding hydrogens is 268 g/mol. The Hall–Kier alpha value is -1.61. The van der Waals surface area contributed by atoms with Crippen molar-refractivity contribution in [2.75, 3.05) is 32.9 Å². The number of nitrogens with one attached hydrogen (secondary N) is 1. The van der Waals surface area contributed by atoms with E-state index in [-0.39, 0.29) is 6.61 Å². The van der Waals surface area contributed by atoms with Crippen molar-refractivity contribution in [2.45, 2.75) is 18.9 Å². The van der Waals surface area contributed by atoms with E-state index in [2.05, 4.69) is 11.4 Å². The number of benzene rings is 1. The molecular formula is C16H22N2O3. The summed E-state index contributed by atoms with van der Waals surface area (Å²) in [5.41, 5.74) is 0.485. The fraction of sp³-hybridized carbons (Fsp3) is 0.562. The number of para-hydroxylation sites is 1. The summed E-state index contributed by atoms with van der Waals surface area (Å²) in [6.45, 7) is 3.28. The van der Waals surface area contributed by atoms with Gasteiger partial charge in [-0.2, -0.15) is 5.26 Å². The first-order valence-corrected chi connectivity index (χ1v) is 7.38. The van der Waals surface area contributed by atoms with Gasteiger partial charge in [-0.15, -0.1) is 0 Å². The van der Waals surface area contributed by atoms with Crippen molar-refractivity contribution in [3.05, 3.63) is 29.8 Å². The zero-order valence-electron chi connectivity index (χ0n) is 12.1. The summed E-state index contributed by atoms with van der Waals surface area (Å²) < 4.78 is 10.8. The summed E-state index contributed by atoms with van der Waals surface area (Å²) in [6, 6.07) is 9.10. The second-order valence-corrected chi connectivity index (χ2v) is 5.30. The van der Waals surface area contributed by atoms with Crippen LogP contribution in [-0.4, -0.2) is 44.1 Å². The molecule has 0 aliphatic carbocycles. The molecule has 1 fully saturated rings. The molecule has 0 bridgehead atoms. The van der Waals surface area contributed by atoms with Gasteiger partial charge < -0.3 is 19.9 Å². The number of aliphatic hydroxyl groups is 1. The molecule has 5 heteroatoms. The highest BCUT2D eigenvalue weighted by Crippen LogP contribution is 2.17. The van der Waals surface area contributed by atoms with E-state index in [9.17, 15) is 5.11 Å². The molecule has 0 saturated carbocycles. The first-order valence-electron chi connectivity index (χ1n) is 7.38. The molecule has 114 valence electrons. The van der Waals surface area contributed by atoms with E-state index < -0.39 is 6.10 Å². The minimum Gasteiger partial charge on any atom is -0.489 e. The van der Waals surface area contributed by atoms with Gasteiger partial charge in [-0.3, -0.25) is 0 Å². The van der Waals surface area contributed by atoms with Crippen LogP contribution in [0, 0.1) is 17.2 Å². The van der Waals surface area contributed by atoms with E-state index in [1.165, 1.54) is 0 Å². The maximum Gasteiger partial charge on any atom is 0.137 e. The SMILES string of the molecule is N#Cc1ccccc1OCC(O)CNCCC1CCOC1. The molecule has 0 radical (unpaired) electrons. The van der Waals surface area contributed by atoms with Crippen LogP contribution in [0.5, 0.6) is 5.75 Å². The molecule has 1 aromatic carbocycles. The fourth-order valence-corrected chi connectivity index (χ4v) is 2.32. The zero-order valence-corrected chi connectivity index (χ0v) is 12.1. The molecule has 1 aliphatic rings. The standard InChI is InChI=1S/C16H22N2O3/c17-9-14-3-1-2-4-16(14)21-12-15(19)10-18-7-5-13-6-8-20-11-13/h1-4,13,15,18-19H,5-8,10-12H2. The molecule has 21 heavy (non-hydrogen) atoms. The Bertz CT molecular complexity index is 467. The van der Waals surface area contributed by atoms with Crippen LogP contribution in [-0.2, 0) is 4.74 Å². The molecule has 1 saturated heterocycles. The Balaban J connectivity index is 1.61. The van der Waals surface area contributed by atoms with Gasteiger partial charge in [0, 0.05) is 19.8 Å². The molecule has 0 aromatic heterocycles. The van der Waals surface area contributed by atoms with Crippen molar-refractivity contribution in [2.24, 2.45) is 5.92 Å². The molecule has 5 nitrogen and oxygen atoms in total.